The van der Waals surface area contributed by atoms with Crippen molar-refractivity contribution in [3.05, 3.63) is 95.7 Å². The summed E-state index contributed by atoms with van der Waals surface area (Å²) >= 11 is 0. The van der Waals surface area contributed by atoms with Crippen LogP contribution in [0.4, 0.5) is 5.69 Å². The van der Waals surface area contributed by atoms with Crippen molar-refractivity contribution in [2.24, 2.45) is 0 Å². The smallest absolute Gasteiger partial charge is 0.264 e. The molecule has 0 saturated heterocycles. The molecule has 4 rings (SSSR count). The lowest BCUT2D eigenvalue weighted by Crippen LogP contribution is -2.29. The first-order chi connectivity index (χ1) is 14.7. The topological polar surface area (TPSA) is 83.6 Å². The molecule has 0 amide bonds. The number of sulfonamides is 2. The second-order valence-electron chi connectivity index (χ2n) is 7.45. The number of fused-ring (bicyclic) bond motifs is 1. The Morgan fingerprint density at radius 1 is 0.774 bits per heavy atom. The number of hydrogen-bond acceptors (Lipinski definition) is 4. The molecule has 3 aromatic rings. The van der Waals surface area contributed by atoms with Crippen LogP contribution in [0.5, 0.6) is 0 Å². The van der Waals surface area contributed by atoms with Crippen molar-refractivity contribution in [3.63, 3.8) is 0 Å². The molecule has 1 aliphatic rings. The van der Waals surface area contributed by atoms with Gasteiger partial charge in [-0.3, -0.25) is 9.03 Å². The molecule has 0 aliphatic carbocycles. The van der Waals surface area contributed by atoms with E-state index >= 15 is 0 Å². The third kappa shape index (κ3) is 4.08. The van der Waals surface area contributed by atoms with Crippen LogP contribution in [0.3, 0.4) is 0 Å². The Morgan fingerprint density at radius 2 is 1.32 bits per heavy atom. The van der Waals surface area contributed by atoms with Gasteiger partial charge < -0.3 is 0 Å². The van der Waals surface area contributed by atoms with Gasteiger partial charge in [0.25, 0.3) is 20.0 Å². The van der Waals surface area contributed by atoms with Gasteiger partial charge in [0, 0.05) is 11.8 Å². The Morgan fingerprint density at radius 3 is 1.94 bits per heavy atom. The zero-order valence-electron chi connectivity index (χ0n) is 17.1. The first-order valence-corrected chi connectivity index (χ1v) is 12.6. The van der Waals surface area contributed by atoms with Crippen molar-refractivity contribution in [2.75, 3.05) is 10.8 Å². The number of anilines is 1. The molecular formula is C23H22N2O4S2. The van der Waals surface area contributed by atoms with Gasteiger partial charge in [-0.2, -0.15) is 0 Å². The van der Waals surface area contributed by atoms with Crippen molar-refractivity contribution >= 4 is 31.3 Å². The van der Waals surface area contributed by atoms with Gasteiger partial charge in [-0.1, -0.05) is 53.6 Å². The molecule has 0 saturated carbocycles. The zero-order chi connectivity index (χ0) is 22.2. The van der Waals surface area contributed by atoms with E-state index in [9.17, 15) is 16.8 Å². The molecule has 0 atom stereocenters. The standard InChI is InChI=1S/C23H22N2O4S2/c1-17-7-11-20(12-8-17)30(26,27)24-15-19-16-25(23-6-4-3-5-22(19)23)31(28,29)21-13-9-18(2)10-14-21/h3-15,24H,16H2,1-2H3/b19-15-. The normalized spacial score (nSPS) is 15.2. The van der Waals surface area contributed by atoms with Gasteiger partial charge in [-0.15, -0.1) is 0 Å². The molecule has 0 radical (unpaired) electrons. The fourth-order valence-electron chi connectivity index (χ4n) is 3.40. The fraction of sp³-hybridized carbons (Fsp3) is 0.130. The molecule has 8 heteroatoms. The third-order valence-corrected chi connectivity index (χ3v) is 8.26. The molecular weight excluding hydrogens is 432 g/mol. The third-order valence-electron chi connectivity index (χ3n) is 5.16. The highest BCUT2D eigenvalue weighted by molar-refractivity contribution is 7.93. The maximum Gasteiger partial charge on any atom is 0.264 e. The van der Waals surface area contributed by atoms with E-state index in [4.69, 9.17) is 0 Å². The van der Waals surface area contributed by atoms with Gasteiger partial charge >= 0.3 is 0 Å². The number of hydrogen-bond donors (Lipinski definition) is 1. The summed E-state index contributed by atoms with van der Waals surface area (Å²) in [5.74, 6) is 0. The van der Waals surface area contributed by atoms with Crippen LogP contribution >= 0.6 is 0 Å². The van der Waals surface area contributed by atoms with E-state index in [0.29, 0.717) is 16.8 Å². The molecule has 3 aromatic carbocycles. The highest BCUT2D eigenvalue weighted by atomic mass is 32.2. The van der Waals surface area contributed by atoms with Crippen LogP contribution in [0.1, 0.15) is 16.7 Å². The summed E-state index contributed by atoms with van der Waals surface area (Å²) in [6.45, 7) is 3.80. The summed E-state index contributed by atoms with van der Waals surface area (Å²) in [5.41, 5.74) is 3.68. The molecule has 160 valence electrons. The molecule has 0 aromatic heterocycles. The van der Waals surface area contributed by atoms with Crippen LogP contribution < -0.4 is 9.03 Å². The lowest BCUT2D eigenvalue weighted by atomic mass is 10.1. The summed E-state index contributed by atoms with van der Waals surface area (Å²) < 4.78 is 55.6. The van der Waals surface area contributed by atoms with Crippen LogP contribution in [-0.2, 0) is 20.0 Å². The second-order valence-corrected chi connectivity index (χ2v) is 11.0. The maximum absolute atomic E-state index is 13.3. The predicted molar refractivity (Wildman–Crippen MR) is 122 cm³/mol. The fourth-order valence-corrected chi connectivity index (χ4v) is 5.79. The van der Waals surface area contributed by atoms with Crippen molar-refractivity contribution in [2.45, 2.75) is 23.6 Å². The lowest BCUT2D eigenvalue weighted by molar-refractivity contribution is 0.590. The molecule has 0 fully saturated rings. The monoisotopic (exact) mass is 454 g/mol. The number of aryl methyl sites for hydroxylation is 2. The van der Waals surface area contributed by atoms with E-state index in [1.54, 1.807) is 60.7 Å². The zero-order valence-corrected chi connectivity index (χ0v) is 18.7. The number of benzene rings is 3. The Kier molecular flexibility index (Phi) is 5.36. The van der Waals surface area contributed by atoms with E-state index in [1.807, 2.05) is 13.8 Å². The summed E-state index contributed by atoms with van der Waals surface area (Å²) in [6.07, 6.45) is 1.37. The molecule has 31 heavy (non-hydrogen) atoms. The maximum atomic E-state index is 13.3. The summed E-state index contributed by atoms with van der Waals surface area (Å²) in [6, 6.07) is 20.2. The second kappa shape index (κ2) is 7.86. The van der Waals surface area contributed by atoms with Gasteiger partial charge in [0.15, 0.2) is 0 Å². The Bertz CT molecular complexity index is 1360. The minimum Gasteiger partial charge on any atom is -0.286 e. The first-order valence-electron chi connectivity index (χ1n) is 9.65. The van der Waals surface area contributed by atoms with E-state index in [0.717, 1.165) is 11.1 Å². The van der Waals surface area contributed by atoms with E-state index < -0.39 is 20.0 Å². The van der Waals surface area contributed by atoms with Crippen molar-refractivity contribution in [1.29, 1.82) is 0 Å². The average Bonchev–Trinajstić information content (AvgIpc) is 3.13. The summed E-state index contributed by atoms with van der Waals surface area (Å²) in [5, 5.41) is 0. The molecule has 1 aliphatic heterocycles. The average molecular weight is 455 g/mol. The number of para-hydroxylation sites is 1. The highest BCUT2D eigenvalue weighted by Gasteiger charge is 2.33. The predicted octanol–water partition coefficient (Wildman–Crippen LogP) is 3.83. The number of nitrogens with one attached hydrogen (secondary N) is 1. The largest absolute Gasteiger partial charge is 0.286 e. The quantitative estimate of drug-likeness (QED) is 0.635. The minimum absolute atomic E-state index is 0.0337. The van der Waals surface area contributed by atoms with E-state index in [2.05, 4.69) is 4.72 Å². The van der Waals surface area contributed by atoms with Crippen molar-refractivity contribution in [1.82, 2.24) is 4.72 Å². The molecule has 0 spiro atoms. The molecule has 0 bridgehead atoms. The van der Waals surface area contributed by atoms with Crippen LogP contribution in [0.2, 0.25) is 0 Å². The van der Waals surface area contributed by atoms with Gasteiger partial charge in [0.05, 0.1) is 22.0 Å². The number of nitrogens with zero attached hydrogens (tertiary/aromatic N) is 1. The van der Waals surface area contributed by atoms with E-state index in [1.165, 1.54) is 22.6 Å². The van der Waals surface area contributed by atoms with Crippen LogP contribution in [0, 0.1) is 13.8 Å². The highest BCUT2D eigenvalue weighted by Crippen LogP contribution is 2.38. The Balaban J connectivity index is 1.68. The Labute approximate surface area is 183 Å². The summed E-state index contributed by atoms with van der Waals surface area (Å²) in [7, 11) is -7.57. The first kappa shape index (κ1) is 21.1. The van der Waals surface area contributed by atoms with Crippen LogP contribution in [0.25, 0.3) is 5.57 Å². The molecule has 0 unspecified atom stereocenters. The SMILES string of the molecule is Cc1ccc(S(=O)(=O)N/C=C2/CN(S(=O)(=O)c3ccc(C)cc3)c3ccccc32)cc1. The van der Waals surface area contributed by atoms with Gasteiger partial charge in [0.2, 0.25) is 0 Å². The van der Waals surface area contributed by atoms with Crippen molar-refractivity contribution in [3.8, 4) is 0 Å². The van der Waals surface area contributed by atoms with Crippen LogP contribution in [0.15, 0.2) is 88.8 Å². The lowest BCUT2D eigenvalue weighted by Gasteiger charge is -2.19. The van der Waals surface area contributed by atoms with Crippen molar-refractivity contribution < 1.29 is 16.8 Å². The molecule has 1 heterocycles. The van der Waals surface area contributed by atoms with E-state index in [-0.39, 0.29) is 16.3 Å². The van der Waals surface area contributed by atoms with Crippen LogP contribution in [-0.4, -0.2) is 23.4 Å². The summed E-state index contributed by atoms with van der Waals surface area (Å²) in [4.78, 5) is 0.333. The number of rotatable bonds is 5. The molecule has 1 N–H and O–H groups in total. The Hall–Kier alpha value is -3.10. The molecule has 6 nitrogen and oxygen atoms in total. The minimum atomic E-state index is -3.80. The van der Waals surface area contributed by atoms with Gasteiger partial charge in [0.1, 0.15) is 0 Å². The van der Waals surface area contributed by atoms with Gasteiger partial charge in [-0.25, -0.2) is 16.8 Å². The van der Waals surface area contributed by atoms with Gasteiger partial charge in [-0.05, 0) is 49.8 Å².